The Bertz CT molecular complexity index is 674. The van der Waals surface area contributed by atoms with Crippen LogP contribution >= 0.6 is 12.4 Å². The van der Waals surface area contributed by atoms with Gasteiger partial charge in [0.25, 0.3) is 0 Å². The second-order valence-electron chi connectivity index (χ2n) is 6.34. The monoisotopic (exact) mass is 389 g/mol. The molecule has 3 N–H and O–H groups in total. The van der Waals surface area contributed by atoms with Gasteiger partial charge in [-0.25, -0.2) is 8.42 Å². The van der Waals surface area contributed by atoms with Gasteiger partial charge in [-0.15, -0.1) is 12.4 Å². The smallest absolute Gasteiger partial charge is 0.232 e. The molecule has 1 aliphatic rings. The molecule has 2 rings (SSSR count). The predicted octanol–water partition coefficient (Wildman–Crippen LogP) is 2.90. The topological polar surface area (TPSA) is 87.3 Å². The number of sulfonamides is 1. The van der Waals surface area contributed by atoms with Crippen molar-refractivity contribution in [3.8, 4) is 0 Å². The minimum atomic E-state index is -3.34. The Morgan fingerprint density at radius 2 is 2.04 bits per heavy atom. The molecule has 8 heteroatoms. The SMILES string of the molecule is CCCS(=O)(=O)Nc1cccc(NC(=O)CCC2CCNC2)c1C.Cl. The van der Waals surface area contributed by atoms with Crippen LogP contribution < -0.4 is 15.4 Å². The molecule has 1 unspecified atom stereocenters. The third-order valence-electron chi connectivity index (χ3n) is 4.29. The highest BCUT2D eigenvalue weighted by molar-refractivity contribution is 7.92. The minimum Gasteiger partial charge on any atom is -0.326 e. The number of carbonyl (C=O) groups is 1. The summed E-state index contributed by atoms with van der Waals surface area (Å²) in [4.78, 5) is 12.2. The summed E-state index contributed by atoms with van der Waals surface area (Å²) in [5, 5.41) is 6.20. The van der Waals surface area contributed by atoms with Gasteiger partial charge in [0.1, 0.15) is 0 Å². The third kappa shape index (κ3) is 6.84. The van der Waals surface area contributed by atoms with E-state index in [0.717, 1.165) is 31.5 Å². The van der Waals surface area contributed by atoms with Crippen molar-refractivity contribution in [2.24, 2.45) is 5.92 Å². The van der Waals surface area contributed by atoms with E-state index in [1.54, 1.807) is 25.1 Å². The number of rotatable bonds is 8. The first kappa shape index (κ1) is 21.7. The van der Waals surface area contributed by atoms with Gasteiger partial charge < -0.3 is 10.6 Å². The molecule has 1 amide bonds. The lowest BCUT2D eigenvalue weighted by molar-refractivity contribution is -0.116. The fourth-order valence-electron chi connectivity index (χ4n) is 2.88. The standard InChI is InChI=1S/C17H27N3O3S.ClH/c1-3-11-24(22,23)20-16-6-4-5-15(13(16)2)19-17(21)8-7-14-9-10-18-12-14;/h4-6,14,18,20H,3,7-12H2,1-2H3,(H,19,21);1H. The second kappa shape index (κ2) is 9.99. The summed E-state index contributed by atoms with van der Waals surface area (Å²) in [6, 6.07) is 5.25. The molecule has 1 fully saturated rings. The van der Waals surface area contributed by atoms with Gasteiger partial charge in [-0.3, -0.25) is 9.52 Å². The van der Waals surface area contributed by atoms with Gasteiger partial charge in [0.15, 0.2) is 0 Å². The highest BCUT2D eigenvalue weighted by Crippen LogP contribution is 2.25. The molecule has 1 aromatic carbocycles. The van der Waals surface area contributed by atoms with Gasteiger partial charge in [-0.2, -0.15) is 0 Å². The fourth-order valence-corrected chi connectivity index (χ4v) is 4.07. The largest absolute Gasteiger partial charge is 0.326 e. The van der Waals surface area contributed by atoms with Crippen molar-refractivity contribution in [1.82, 2.24) is 5.32 Å². The number of hydrogen-bond donors (Lipinski definition) is 3. The molecule has 142 valence electrons. The molecule has 1 atom stereocenters. The number of nitrogens with one attached hydrogen (secondary N) is 3. The third-order valence-corrected chi connectivity index (χ3v) is 5.76. The first-order chi connectivity index (χ1) is 11.4. The van der Waals surface area contributed by atoms with E-state index < -0.39 is 10.0 Å². The normalized spacial score (nSPS) is 17.0. The van der Waals surface area contributed by atoms with Crippen LogP contribution in [-0.2, 0) is 14.8 Å². The Hall–Kier alpha value is -1.31. The van der Waals surface area contributed by atoms with Crippen molar-refractivity contribution in [1.29, 1.82) is 0 Å². The van der Waals surface area contributed by atoms with Crippen molar-refractivity contribution < 1.29 is 13.2 Å². The van der Waals surface area contributed by atoms with E-state index in [0.29, 0.717) is 30.1 Å². The maximum Gasteiger partial charge on any atom is 0.232 e. The molecule has 0 saturated carbocycles. The predicted molar refractivity (Wildman–Crippen MR) is 105 cm³/mol. The highest BCUT2D eigenvalue weighted by Gasteiger charge is 2.17. The van der Waals surface area contributed by atoms with Crippen LogP contribution in [0.25, 0.3) is 0 Å². The molecular weight excluding hydrogens is 362 g/mol. The van der Waals surface area contributed by atoms with Crippen LogP contribution in [0, 0.1) is 12.8 Å². The van der Waals surface area contributed by atoms with Crippen molar-refractivity contribution in [2.45, 2.75) is 39.5 Å². The van der Waals surface area contributed by atoms with E-state index in [2.05, 4.69) is 15.4 Å². The van der Waals surface area contributed by atoms with Crippen molar-refractivity contribution >= 4 is 39.7 Å². The summed E-state index contributed by atoms with van der Waals surface area (Å²) in [7, 11) is -3.34. The van der Waals surface area contributed by atoms with Crippen LogP contribution in [0.3, 0.4) is 0 Å². The first-order valence-corrected chi connectivity index (χ1v) is 10.2. The number of halogens is 1. The van der Waals surface area contributed by atoms with Gasteiger partial charge in [-0.1, -0.05) is 13.0 Å². The van der Waals surface area contributed by atoms with Crippen LogP contribution in [-0.4, -0.2) is 33.2 Å². The van der Waals surface area contributed by atoms with Crippen LogP contribution in [0.1, 0.15) is 38.2 Å². The lowest BCUT2D eigenvalue weighted by Crippen LogP contribution is -2.18. The molecule has 0 spiro atoms. The fraction of sp³-hybridized carbons (Fsp3) is 0.588. The first-order valence-electron chi connectivity index (χ1n) is 8.52. The lowest BCUT2D eigenvalue weighted by Gasteiger charge is -2.15. The zero-order valence-corrected chi connectivity index (χ0v) is 16.4. The summed E-state index contributed by atoms with van der Waals surface area (Å²) in [6.45, 7) is 5.65. The number of hydrogen-bond acceptors (Lipinski definition) is 4. The molecule has 1 saturated heterocycles. The Balaban J connectivity index is 0.00000312. The number of benzene rings is 1. The summed E-state index contributed by atoms with van der Waals surface area (Å²) in [5.74, 6) is 0.626. The van der Waals surface area contributed by atoms with Gasteiger partial charge >= 0.3 is 0 Å². The number of anilines is 2. The van der Waals surface area contributed by atoms with Crippen molar-refractivity contribution in [2.75, 3.05) is 28.9 Å². The molecule has 1 heterocycles. The molecular formula is C17H28ClN3O3S. The molecule has 0 radical (unpaired) electrons. The summed E-state index contributed by atoms with van der Waals surface area (Å²) < 4.78 is 26.5. The quantitative estimate of drug-likeness (QED) is 0.638. The molecule has 0 bridgehead atoms. The maximum atomic E-state index is 12.2. The maximum absolute atomic E-state index is 12.2. The Labute approximate surface area is 156 Å². The zero-order chi connectivity index (χ0) is 17.6. The van der Waals surface area contributed by atoms with Crippen LogP contribution in [0.15, 0.2) is 18.2 Å². The number of amides is 1. The van der Waals surface area contributed by atoms with Gasteiger partial charge in [0.05, 0.1) is 11.4 Å². The van der Waals surface area contributed by atoms with E-state index >= 15 is 0 Å². The average molecular weight is 390 g/mol. The lowest BCUT2D eigenvalue weighted by atomic mass is 10.0. The van der Waals surface area contributed by atoms with Gasteiger partial charge in [-0.05, 0) is 62.9 Å². The minimum absolute atomic E-state index is 0. The van der Waals surface area contributed by atoms with Crippen LogP contribution in [0.2, 0.25) is 0 Å². The molecule has 0 aromatic heterocycles. The average Bonchev–Trinajstić information content (AvgIpc) is 3.02. The second-order valence-corrected chi connectivity index (χ2v) is 8.19. The van der Waals surface area contributed by atoms with Crippen LogP contribution in [0.5, 0.6) is 0 Å². The number of carbonyl (C=O) groups excluding carboxylic acids is 1. The Kier molecular flexibility index (Phi) is 8.68. The van der Waals surface area contributed by atoms with E-state index in [1.165, 1.54) is 0 Å². The summed E-state index contributed by atoms with van der Waals surface area (Å²) in [6.07, 6.45) is 3.04. The van der Waals surface area contributed by atoms with E-state index in [1.807, 2.05) is 6.92 Å². The summed E-state index contributed by atoms with van der Waals surface area (Å²) in [5.41, 5.74) is 1.90. The van der Waals surface area contributed by atoms with Crippen molar-refractivity contribution in [3.05, 3.63) is 23.8 Å². The Morgan fingerprint density at radius 1 is 1.32 bits per heavy atom. The van der Waals surface area contributed by atoms with E-state index in [4.69, 9.17) is 0 Å². The molecule has 1 aliphatic heterocycles. The van der Waals surface area contributed by atoms with E-state index in [-0.39, 0.29) is 24.1 Å². The molecule has 6 nitrogen and oxygen atoms in total. The summed E-state index contributed by atoms with van der Waals surface area (Å²) >= 11 is 0. The van der Waals surface area contributed by atoms with Gasteiger partial charge in [0, 0.05) is 12.1 Å². The van der Waals surface area contributed by atoms with E-state index in [9.17, 15) is 13.2 Å². The van der Waals surface area contributed by atoms with Crippen molar-refractivity contribution in [3.63, 3.8) is 0 Å². The van der Waals surface area contributed by atoms with Crippen LogP contribution in [0.4, 0.5) is 11.4 Å². The highest BCUT2D eigenvalue weighted by atomic mass is 35.5. The zero-order valence-electron chi connectivity index (χ0n) is 14.8. The molecule has 0 aliphatic carbocycles. The van der Waals surface area contributed by atoms with Gasteiger partial charge in [0.2, 0.25) is 15.9 Å². The molecule has 25 heavy (non-hydrogen) atoms. The Morgan fingerprint density at radius 3 is 2.68 bits per heavy atom. The molecule has 1 aromatic rings.